The van der Waals surface area contributed by atoms with Crippen LogP contribution in [0.15, 0.2) is 47.1 Å². The molecular formula is C17H26N2. The van der Waals surface area contributed by atoms with Crippen molar-refractivity contribution in [2.24, 2.45) is 5.92 Å². The first-order chi connectivity index (χ1) is 9.08. The lowest BCUT2D eigenvalue weighted by Gasteiger charge is -2.18. The quantitative estimate of drug-likeness (QED) is 0.723. The first kappa shape index (κ1) is 14.3. The van der Waals surface area contributed by atoms with Crippen LogP contribution >= 0.6 is 0 Å². The summed E-state index contributed by atoms with van der Waals surface area (Å²) in [5.74, 6) is 0.544. The third-order valence-electron chi connectivity index (χ3n) is 3.83. The van der Waals surface area contributed by atoms with Gasteiger partial charge in [0.1, 0.15) is 0 Å². The van der Waals surface area contributed by atoms with Gasteiger partial charge in [-0.25, -0.2) is 0 Å². The van der Waals surface area contributed by atoms with Crippen molar-refractivity contribution in [3.63, 3.8) is 0 Å². The number of rotatable bonds is 6. The maximum absolute atomic E-state index is 2.45. The van der Waals surface area contributed by atoms with Crippen molar-refractivity contribution in [2.75, 3.05) is 41.3 Å². The Hall–Kier alpha value is -1.12. The van der Waals surface area contributed by atoms with Crippen molar-refractivity contribution in [1.82, 2.24) is 9.80 Å². The molecule has 0 radical (unpaired) electrons. The standard InChI is InChI=1S/C17H26N2/c1-18(2)11-9-14-13-15(10-12-19(3)4)17-8-6-5-7-16(14)17/h5-8,13,16H,9-12H2,1-4H3. The topological polar surface area (TPSA) is 6.48 Å². The van der Waals surface area contributed by atoms with Crippen LogP contribution in [0.2, 0.25) is 0 Å². The molecule has 0 aliphatic heterocycles. The van der Waals surface area contributed by atoms with Gasteiger partial charge in [-0.1, -0.05) is 36.0 Å². The summed E-state index contributed by atoms with van der Waals surface area (Å²) in [6, 6.07) is 0. The second-order valence-corrected chi connectivity index (χ2v) is 6.03. The fraction of sp³-hybridized carbons (Fsp3) is 0.529. The Kier molecular flexibility index (Phi) is 4.78. The van der Waals surface area contributed by atoms with E-state index in [0.29, 0.717) is 5.92 Å². The average molecular weight is 258 g/mol. The van der Waals surface area contributed by atoms with Crippen LogP contribution in [-0.4, -0.2) is 51.1 Å². The molecule has 0 saturated heterocycles. The van der Waals surface area contributed by atoms with Gasteiger partial charge in [0.05, 0.1) is 0 Å². The van der Waals surface area contributed by atoms with Gasteiger partial charge in [-0.05, 0) is 52.2 Å². The third-order valence-corrected chi connectivity index (χ3v) is 3.83. The molecule has 2 rings (SSSR count). The van der Waals surface area contributed by atoms with Crippen molar-refractivity contribution in [3.05, 3.63) is 47.1 Å². The Morgan fingerprint density at radius 3 is 2.32 bits per heavy atom. The van der Waals surface area contributed by atoms with Crippen molar-refractivity contribution in [3.8, 4) is 0 Å². The summed E-state index contributed by atoms with van der Waals surface area (Å²) in [4.78, 5) is 4.53. The van der Waals surface area contributed by atoms with Crippen LogP contribution in [0.5, 0.6) is 0 Å². The van der Waals surface area contributed by atoms with Gasteiger partial charge >= 0.3 is 0 Å². The molecule has 0 fully saturated rings. The van der Waals surface area contributed by atoms with Gasteiger partial charge in [0.25, 0.3) is 0 Å². The van der Waals surface area contributed by atoms with Crippen LogP contribution in [0, 0.1) is 5.92 Å². The third kappa shape index (κ3) is 3.68. The Balaban J connectivity index is 2.09. The summed E-state index contributed by atoms with van der Waals surface area (Å²) in [6.45, 7) is 2.26. The zero-order chi connectivity index (χ0) is 13.8. The smallest absolute Gasteiger partial charge is 0.0237 e. The minimum Gasteiger partial charge on any atom is -0.309 e. The maximum atomic E-state index is 2.45. The van der Waals surface area contributed by atoms with E-state index in [4.69, 9.17) is 0 Å². The Bertz CT molecular complexity index is 436. The van der Waals surface area contributed by atoms with E-state index in [2.05, 4.69) is 68.4 Å². The molecule has 1 atom stereocenters. The van der Waals surface area contributed by atoms with Gasteiger partial charge in [-0.2, -0.15) is 0 Å². The van der Waals surface area contributed by atoms with Crippen LogP contribution in [0.1, 0.15) is 12.8 Å². The molecule has 104 valence electrons. The second-order valence-electron chi connectivity index (χ2n) is 6.03. The molecule has 0 aromatic carbocycles. The summed E-state index contributed by atoms with van der Waals surface area (Å²) in [5, 5.41) is 0. The van der Waals surface area contributed by atoms with E-state index in [1.807, 2.05) is 0 Å². The van der Waals surface area contributed by atoms with E-state index in [1.54, 1.807) is 5.57 Å². The fourth-order valence-electron chi connectivity index (χ4n) is 2.71. The molecule has 2 aliphatic carbocycles. The van der Waals surface area contributed by atoms with E-state index in [1.165, 1.54) is 17.6 Å². The summed E-state index contributed by atoms with van der Waals surface area (Å²) in [6.07, 6.45) is 13.8. The highest BCUT2D eigenvalue weighted by molar-refractivity contribution is 5.52. The van der Waals surface area contributed by atoms with Gasteiger partial charge in [-0.3, -0.25) is 0 Å². The maximum Gasteiger partial charge on any atom is 0.0237 e. The van der Waals surface area contributed by atoms with Crippen LogP contribution < -0.4 is 0 Å². The lowest BCUT2D eigenvalue weighted by molar-refractivity contribution is 0.410. The highest BCUT2D eigenvalue weighted by atomic mass is 15.0. The van der Waals surface area contributed by atoms with Gasteiger partial charge in [0.15, 0.2) is 0 Å². The molecule has 0 saturated carbocycles. The molecule has 0 bridgehead atoms. The largest absolute Gasteiger partial charge is 0.309 e. The first-order valence-corrected chi connectivity index (χ1v) is 7.16. The van der Waals surface area contributed by atoms with Crippen molar-refractivity contribution in [1.29, 1.82) is 0 Å². The predicted octanol–water partition coefficient (Wildman–Crippen LogP) is 2.87. The number of allylic oxidation sites excluding steroid dienone is 6. The van der Waals surface area contributed by atoms with E-state index in [0.717, 1.165) is 19.5 Å². The monoisotopic (exact) mass is 258 g/mol. The van der Waals surface area contributed by atoms with Crippen molar-refractivity contribution < 1.29 is 0 Å². The molecule has 19 heavy (non-hydrogen) atoms. The van der Waals surface area contributed by atoms with E-state index >= 15 is 0 Å². The molecule has 2 nitrogen and oxygen atoms in total. The van der Waals surface area contributed by atoms with Gasteiger partial charge in [0.2, 0.25) is 0 Å². The van der Waals surface area contributed by atoms with Crippen molar-refractivity contribution in [2.45, 2.75) is 12.8 Å². The van der Waals surface area contributed by atoms with E-state index < -0.39 is 0 Å². The predicted molar refractivity (Wildman–Crippen MR) is 83.2 cm³/mol. The lowest BCUT2D eigenvalue weighted by atomic mass is 9.89. The van der Waals surface area contributed by atoms with Crippen LogP contribution in [0.25, 0.3) is 0 Å². The molecule has 2 aliphatic rings. The molecule has 0 spiro atoms. The summed E-state index contributed by atoms with van der Waals surface area (Å²) >= 11 is 0. The highest BCUT2D eigenvalue weighted by Crippen LogP contribution is 2.38. The van der Waals surface area contributed by atoms with E-state index in [9.17, 15) is 0 Å². The summed E-state index contributed by atoms with van der Waals surface area (Å²) in [7, 11) is 8.58. The molecule has 0 aromatic rings. The van der Waals surface area contributed by atoms with Crippen molar-refractivity contribution >= 4 is 0 Å². The Morgan fingerprint density at radius 1 is 0.947 bits per heavy atom. The normalized spacial score (nSPS) is 21.6. The average Bonchev–Trinajstić information content (AvgIpc) is 2.72. The highest BCUT2D eigenvalue weighted by Gasteiger charge is 2.24. The second kappa shape index (κ2) is 6.36. The Labute approximate surface area is 117 Å². The summed E-state index contributed by atoms with van der Waals surface area (Å²) < 4.78 is 0. The number of hydrogen-bond acceptors (Lipinski definition) is 2. The van der Waals surface area contributed by atoms with Gasteiger partial charge in [0, 0.05) is 19.0 Å². The lowest BCUT2D eigenvalue weighted by Crippen LogP contribution is -2.15. The number of fused-ring (bicyclic) bond motifs is 1. The SMILES string of the molecule is CN(C)CCC1=CC(CCN(C)C)=C2C=CC=CC12. The fourth-order valence-corrected chi connectivity index (χ4v) is 2.71. The van der Waals surface area contributed by atoms with Crippen LogP contribution in [0.3, 0.4) is 0 Å². The zero-order valence-corrected chi connectivity index (χ0v) is 12.7. The zero-order valence-electron chi connectivity index (χ0n) is 12.7. The minimum absolute atomic E-state index is 0.544. The molecule has 0 aromatic heterocycles. The molecular weight excluding hydrogens is 232 g/mol. The van der Waals surface area contributed by atoms with Gasteiger partial charge < -0.3 is 9.80 Å². The molecule has 2 heteroatoms. The van der Waals surface area contributed by atoms with Gasteiger partial charge in [-0.15, -0.1) is 0 Å². The summed E-state index contributed by atoms with van der Waals surface area (Å²) in [5.41, 5.74) is 4.64. The van der Waals surface area contributed by atoms with E-state index in [-0.39, 0.29) is 0 Å². The first-order valence-electron chi connectivity index (χ1n) is 7.16. The molecule has 0 amide bonds. The number of hydrogen-bond donors (Lipinski definition) is 0. The Morgan fingerprint density at radius 2 is 1.63 bits per heavy atom. The number of nitrogens with zero attached hydrogens (tertiary/aromatic N) is 2. The molecule has 0 heterocycles. The van der Waals surface area contributed by atoms with Crippen LogP contribution in [0.4, 0.5) is 0 Å². The molecule has 1 unspecified atom stereocenters. The molecule has 0 N–H and O–H groups in total. The minimum atomic E-state index is 0.544. The van der Waals surface area contributed by atoms with Crippen LogP contribution in [-0.2, 0) is 0 Å².